The Hall–Kier alpha value is -2.62. The average molecular weight is 338 g/mol. The van der Waals surface area contributed by atoms with Gasteiger partial charge < -0.3 is 4.98 Å². The topological polar surface area (TPSA) is 72.3 Å². The van der Waals surface area contributed by atoms with Crippen LogP contribution in [-0.4, -0.2) is 30.2 Å². The molecule has 0 bridgehead atoms. The van der Waals surface area contributed by atoms with Crippen molar-refractivity contribution in [1.29, 1.82) is 0 Å². The van der Waals surface area contributed by atoms with Crippen LogP contribution in [0.5, 0.6) is 0 Å². The molecule has 0 saturated carbocycles. The molecule has 0 aliphatic carbocycles. The van der Waals surface area contributed by atoms with Crippen molar-refractivity contribution < 1.29 is 13.2 Å². The number of H-pyrrole nitrogens is 1. The van der Waals surface area contributed by atoms with Gasteiger partial charge in [-0.25, -0.2) is 4.98 Å². The molecule has 1 aromatic carbocycles. The summed E-state index contributed by atoms with van der Waals surface area (Å²) in [6, 6.07) is 7.03. The van der Waals surface area contributed by atoms with E-state index >= 15 is 0 Å². The summed E-state index contributed by atoms with van der Waals surface area (Å²) >= 11 is 4.67. The smallest absolute Gasteiger partial charge is 0.326 e. The van der Waals surface area contributed by atoms with E-state index < -0.39 is 11.9 Å². The molecule has 2 aromatic heterocycles. The fraction of sp³-hybridized carbons (Fsp3) is 0.154. The van der Waals surface area contributed by atoms with Gasteiger partial charge in [-0.2, -0.15) is 17.9 Å². The summed E-state index contributed by atoms with van der Waals surface area (Å²) in [6.45, 7) is 1.90. The van der Waals surface area contributed by atoms with Gasteiger partial charge in [0.25, 0.3) is 0 Å². The maximum absolute atomic E-state index is 13.2. The highest BCUT2D eigenvalue weighted by molar-refractivity contribution is 7.71. The summed E-state index contributed by atoms with van der Waals surface area (Å²) in [6.07, 6.45) is -3.63. The number of hydrogen-bond donors (Lipinski definition) is 1. The van der Waals surface area contributed by atoms with E-state index in [1.165, 1.54) is 4.68 Å². The van der Waals surface area contributed by atoms with Crippen LogP contribution in [0.2, 0.25) is 0 Å². The first kappa shape index (κ1) is 15.3. The molecule has 0 spiro atoms. The van der Waals surface area contributed by atoms with Gasteiger partial charge in [-0.3, -0.25) is 0 Å². The first-order chi connectivity index (χ1) is 10.9. The van der Waals surface area contributed by atoms with E-state index in [2.05, 4.69) is 37.7 Å². The van der Waals surface area contributed by atoms with Crippen molar-refractivity contribution in [3.05, 3.63) is 46.5 Å². The number of nitrogens with zero attached hydrogens (tertiary/aromatic N) is 5. The van der Waals surface area contributed by atoms with Crippen molar-refractivity contribution in [2.24, 2.45) is 0 Å². The minimum atomic E-state index is -4.64. The van der Waals surface area contributed by atoms with Crippen molar-refractivity contribution in [3.63, 3.8) is 0 Å². The Bertz CT molecular complexity index is 897. The summed E-state index contributed by atoms with van der Waals surface area (Å²) in [5.41, 5.74) is 0.216. The lowest BCUT2D eigenvalue weighted by Gasteiger charge is -2.12. The molecule has 2 heterocycles. The molecule has 0 radical (unpaired) electrons. The average Bonchev–Trinajstić information content (AvgIpc) is 2.96. The van der Waals surface area contributed by atoms with Gasteiger partial charge >= 0.3 is 6.18 Å². The van der Waals surface area contributed by atoms with Gasteiger partial charge in [0.05, 0.1) is 11.3 Å². The molecule has 1 N–H and O–H groups in total. The summed E-state index contributed by atoms with van der Waals surface area (Å²) in [5.74, 6) is -0.0834. The van der Waals surface area contributed by atoms with Crippen molar-refractivity contribution in [3.8, 4) is 17.1 Å². The summed E-state index contributed by atoms with van der Waals surface area (Å²) < 4.78 is 40.6. The van der Waals surface area contributed by atoms with Gasteiger partial charge in [-0.1, -0.05) is 17.7 Å². The molecular formula is C13H9F3N6S. The molecule has 10 heteroatoms. The third kappa shape index (κ3) is 2.97. The number of aryl methyl sites for hydroxylation is 1. The Morgan fingerprint density at radius 2 is 1.87 bits per heavy atom. The fourth-order valence-corrected chi connectivity index (χ4v) is 2.16. The molecule has 0 amide bonds. The maximum Gasteiger partial charge on any atom is 0.432 e. The van der Waals surface area contributed by atoms with E-state index in [0.717, 1.165) is 11.8 Å². The van der Waals surface area contributed by atoms with Crippen molar-refractivity contribution in [1.82, 2.24) is 30.2 Å². The molecule has 0 aliphatic rings. The van der Waals surface area contributed by atoms with Gasteiger partial charge in [0.15, 0.2) is 10.6 Å². The van der Waals surface area contributed by atoms with Crippen LogP contribution in [0.25, 0.3) is 17.1 Å². The van der Waals surface area contributed by atoms with E-state index in [4.69, 9.17) is 0 Å². The Morgan fingerprint density at radius 3 is 2.52 bits per heavy atom. The highest BCUT2D eigenvalue weighted by Gasteiger charge is 2.36. The number of aromatic amines is 1. The summed E-state index contributed by atoms with van der Waals surface area (Å²) in [7, 11) is 0. The maximum atomic E-state index is 13.2. The highest BCUT2D eigenvalue weighted by atomic mass is 32.1. The number of alkyl halides is 3. The third-order valence-electron chi connectivity index (χ3n) is 3.08. The molecule has 23 heavy (non-hydrogen) atoms. The number of rotatable bonds is 2. The highest BCUT2D eigenvalue weighted by Crippen LogP contribution is 2.34. The number of nitrogens with one attached hydrogen (secondary N) is 1. The van der Waals surface area contributed by atoms with Crippen LogP contribution >= 0.6 is 12.2 Å². The fourth-order valence-electron chi connectivity index (χ4n) is 2.00. The normalized spacial score (nSPS) is 11.7. The van der Waals surface area contributed by atoms with Crippen LogP contribution in [-0.2, 0) is 6.18 Å². The van der Waals surface area contributed by atoms with E-state index in [1.807, 2.05) is 19.1 Å². The number of halogens is 3. The number of benzene rings is 1. The standard InChI is InChI=1S/C13H9F3N6S/c1-7-2-4-8(5-3-7)22-11(19-20-21-22)9-6-17-12(23)18-10(9)13(14,15)16/h2-6H,1H3,(H,17,18,23). The first-order valence-corrected chi connectivity index (χ1v) is 6.79. The predicted molar refractivity (Wildman–Crippen MR) is 77.3 cm³/mol. The Labute approximate surface area is 133 Å². The van der Waals surface area contributed by atoms with Crippen LogP contribution in [0.15, 0.2) is 30.5 Å². The van der Waals surface area contributed by atoms with Crippen molar-refractivity contribution >= 4 is 12.2 Å². The molecule has 3 aromatic rings. The Balaban J connectivity index is 2.20. The minimum absolute atomic E-state index is 0.0834. The lowest BCUT2D eigenvalue weighted by molar-refractivity contribution is -0.140. The van der Waals surface area contributed by atoms with Crippen molar-refractivity contribution in [2.45, 2.75) is 13.1 Å². The zero-order chi connectivity index (χ0) is 16.6. The van der Waals surface area contributed by atoms with Crippen LogP contribution in [0.4, 0.5) is 13.2 Å². The van der Waals surface area contributed by atoms with Crippen LogP contribution < -0.4 is 0 Å². The molecule has 0 fully saturated rings. The SMILES string of the molecule is Cc1ccc(-n2nnnc2-c2cnc(=S)[nH]c2C(F)(F)F)cc1. The van der Waals surface area contributed by atoms with Gasteiger partial charge in [0.2, 0.25) is 0 Å². The Kier molecular flexibility index (Phi) is 3.68. The third-order valence-corrected chi connectivity index (χ3v) is 3.29. The second-order valence-corrected chi connectivity index (χ2v) is 5.11. The molecule has 0 atom stereocenters. The van der Waals surface area contributed by atoms with Crippen LogP contribution in [0, 0.1) is 11.7 Å². The molecular weight excluding hydrogens is 329 g/mol. The second-order valence-electron chi connectivity index (χ2n) is 4.72. The quantitative estimate of drug-likeness (QED) is 0.727. The monoisotopic (exact) mass is 338 g/mol. The molecule has 3 rings (SSSR count). The molecule has 0 unspecified atom stereocenters. The molecule has 118 valence electrons. The van der Waals surface area contributed by atoms with Crippen LogP contribution in [0.3, 0.4) is 0 Å². The summed E-state index contributed by atoms with van der Waals surface area (Å²) in [4.78, 5) is 5.77. The molecule has 0 saturated heterocycles. The number of hydrogen-bond acceptors (Lipinski definition) is 5. The molecule has 6 nitrogen and oxygen atoms in total. The Morgan fingerprint density at radius 1 is 1.17 bits per heavy atom. The number of tetrazole rings is 1. The van der Waals surface area contributed by atoms with Gasteiger partial charge in [-0.05, 0) is 41.7 Å². The van der Waals surface area contributed by atoms with Crippen molar-refractivity contribution in [2.75, 3.05) is 0 Å². The largest absolute Gasteiger partial charge is 0.432 e. The minimum Gasteiger partial charge on any atom is -0.326 e. The lowest BCUT2D eigenvalue weighted by atomic mass is 10.2. The zero-order valence-electron chi connectivity index (χ0n) is 11.7. The van der Waals surface area contributed by atoms with E-state index in [-0.39, 0.29) is 16.2 Å². The zero-order valence-corrected chi connectivity index (χ0v) is 12.5. The van der Waals surface area contributed by atoms with Crippen LogP contribution in [0.1, 0.15) is 11.3 Å². The van der Waals surface area contributed by atoms with E-state index in [1.54, 1.807) is 12.1 Å². The lowest BCUT2D eigenvalue weighted by Crippen LogP contribution is -2.13. The number of aromatic nitrogens is 6. The second kappa shape index (κ2) is 5.54. The van der Waals surface area contributed by atoms with Gasteiger partial charge in [0, 0.05) is 6.20 Å². The van der Waals surface area contributed by atoms with E-state index in [0.29, 0.717) is 5.69 Å². The molecule has 0 aliphatic heterocycles. The van der Waals surface area contributed by atoms with Gasteiger partial charge in [0.1, 0.15) is 5.69 Å². The predicted octanol–water partition coefficient (Wildman–Crippen LogP) is 3.11. The van der Waals surface area contributed by atoms with Gasteiger partial charge in [-0.15, -0.1) is 5.10 Å². The summed E-state index contributed by atoms with van der Waals surface area (Å²) in [5, 5.41) is 10.9. The van der Waals surface area contributed by atoms with E-state index in [9.17, 15) is 13.2 Å². The first-order valence-electron chi connectivity index (χ1n) is 6.38.